The van der Waals surface area contributed by atoms with Crippen LogP contribution in [0, 0.1) is 0 Å². The predicted molar refractivity (Wildman–Crippen MR) is 95.9 cm³/mol. The highest BCUT2D eigenvalue weighted by Gasteiger charge is 2.12. The van der Waals surface area contributed by atoms with Gasteiger partial charge in [0.1, 0.15) is 0 Å². The Hall–Kier alpha value is -1.78. The Morgan fingerprint density at radius 3 is 2.48 bits per heavy atom. The van der Waals surface area contributed by atoms with Crippen molar-refractivity contribution < 1.29 is 9.53 Å². The van der Waals surface area contributed by atoms with Crippen LogP contribution in [0.3, 0.4) is 0 Å². The molecule has 0 heterocycles. The van der Waals surface area contributed by atoms with Crippen LogP contribution in [0.25, 0.3) is 0 Å². The third kappa shape index (κ3) is 6.08. The molecule has 0 aliphatic rings. The van der Waals surface area contributed by atoms with Gasteiger partial charge in [-0.05, 0) is 38.2 Å². The minimum Gasteiger partial charge on any atom is -0.462 e. The van der Waals surface area contributed by atoms with E-state index in [9.17, 15) is 4.79 Å². The lowest BCUT2D eigenvalue weighted by molar-refractivity contribution is 0.0489. The summed E-state index contributed by atoms with van der Waals surface area (Å²) in [6.45, 7) is 1.37. The first-order valence-corrected chi connectivity index (χ1v) is 8.73. The molecule has 0 aromatic heterocycles. The van der Waals surface area contributed by atoms with Crippen molar-refractivity contribution in [3.8, 4) is 0 Å². The number of esters is 1. The Morgan fingerprint density at radius 2 is 1.74 bits per heavy atom. The van der Waals surface area contributed by atoms with Crippen molar-refractivity contribution in [2.75, 3.05) is 27.2 Å². The average Bonchev–Trinajstić information content (AvgIpc) is 2.58. The maximum atomic E-state index is 12.3. The first-order chi connectivity index (χ1) is 11.2. The lowest BCUT2D eigenvalue weighted by Gasteiger charge is -2.11. The Labute approximate surface area is 142 Å². The van der Waals surface area contributed by atoms with Crippen molar-refractivity contribution in [2.24, 2.45) is 0 Å². The molecule has 0 unspecified atom stereocenters. The van der Waals surface area contributed by atoms with E-state index >= 15 is 0 Å². The van der Waals surface area contributed by atoms with Gasteiger partial charge in [-0.3, -0.25) is 0 Å². The molecular formula is C19H23NO2S. The molecule has 0 spiro atoms. The third-order valence-electron chi connectivity index (χ3n) is 3.33. The smallest absolute Gasteiger partial charge is 0.339 e. The monoisotopic (exact) mass is 329 g/mol. The fourth-order valence-electron chi connectivity index (χ4n) is 2.12. The van der Waals surface area contributed by atoms with Gasteiger partial charge in [0.25, 0.3) is 0 Å². The summed E-state index contributed by atoms with van der Waals surface area (Å²) < 4.78 is 5.39. The van der Waals surface area contributed by atoms with E-state index < -0.39 is 0 Å². The van der Waals surface area contributed by atoms with Crippen molar-refractivity contribution in [2.45, 2.75) is 17.1 Å². The second-order valence-electron chi connectivity index (χ2n) is 5.56. The Balaban J connectivity index is 1.92. The lowest BCUT2D eigenvalue weighted by atomic mass is 10.2. The van der Waals surface area contributed by atoms with E-state index in [1.54, 1.807) is 11.8 Å². The number of carbonyl (C=O) groups excluding carboxylic acids is 1. The van der Waals surface area contributed by atoms with Crippen LogP contribution >= 0.6 is 11.8 Å². The van der Waals surface area contributed by atoms with E-state index in [1.165, 1.54) is 5.56 Å². The van der Waals surface area contributed by atoms with Crippen LogP contribution < -0.4 is 0 Å². The summed E-state index contributed by atoms with van der Waals surface area (Å²) in [7, 11) is 4.02. The molecule has 2 aromatic carbocycles. The zero-order chi connectivity index (χ0) is 16.5. The molecule has 3 nitrogen and oxygen atoms in total. The highest BCUT2D eigenvalue weighted by Crippen LogP contribution is 2.26. The van der Waals surface area contributed by atoms with Crippen LogP contribution in [0.2, 0.25) is 0 Å². The molecular weight excluding hydrogens is 306 g/mol. The zero-order valence-electron chi connectivity index (χ0n) is 13.7. The number of ether oxygens (including phenoxy) is 1. The second kappa shape index (κ2) is 9.38. The Kier molecular flexibility index (Phi) is 7.17. The number of rotatable bonds is 8. The normalized spacial score (nSPS) is 10.7. The van der Waals surface area contributed by atoms with Gasteiger partial charge in [0.15, 0.2) is 0 Å². The van der Waals surface area contributed by atoms with E-state index in [2.05, 4.69) is 17.0 Å². The number of benzene rings is 2. The van der Waals surface area contributed by atoms with E-state index in [-0.39, 0.29) is 5.97 Å². The molecule has 0 saturated carbocycles. The molecule has 0 N–H and O–H groups in total. The summed E-state index contributed by atoms with van der Waals surface area (Å²) in [5.74, 6) is 0.603. The molecule has 0 atom stereocenters. The van der Waals surface area contributed by atoms with E-state index in [0.717, 1.165) is 23.6 Å². The van der Waals surface area contributed by atoms with E-state index in [1.807, 2.05) is 56.6 Å². The minimum absolute atomic E-state index is 0.236. The van der Waals surface area contributed by atoms with Gasteiger partial charge < -0.3 is 9.64 Å². The SMILES string of the molecule is CN(C)CCCOC(=O)c1ccccc1SCc1ccccc1. The third-order valence-corrected chi connectivity index (χ3v) is 4.47. The van der Waals surface area contributed by atoms with Crippen LogP contribution in [0.4, 0.5) is 0 Å². The zero-order valence-corrected chi connectivity index (χ0v) is 14.5. The molecule has 2 rings (SSSR count). The van der Waals surface area contributed by atoms with E-state index in [0.29, 0.717) is 12.2 Å². The Morgan fingerprint density at radius 1 is 1.04 bits per heavy atom. The molecule has 0 saturated heterocycles. The number of thioether (sulfide) groups is 1. The van der Waals surface area contributed by atoms with Crippen molar-refractivity contribution >= 4 is 17.7 Å². The first-order valence-electron chi connectivity index (χ1n) is 7.74. The number of nitrogens with zero attached hydrogens (tertiary/aromatic N) is 1. The number of hydrogen-bond acceptors (Lipinski definition) is 4. The van der Waals surface area contributed by atoms with Crippen molar-refractivity contribution in [1.82, 2.24) is 4.90 Å². The summed E-state index contributed by atoms with van der Waals surface area (Å²) in [4.78, 5) is 15.3. The summed E-state index contributed by atoms with van der Waals surface area (Å²) in [6.07, 6.45) is 0.845. The largest absolute Gasteiger partial charge is 0.462 e. The van der Waals surface area contributed by atoms with Crippen LogP contribution in [-0.4, -0.2) is 38.1 Å². The van der Waals surface area contributed by atoms with Gasteiger partial charge in [0.2, 0.25) is 0 Å². The van der Waals surface area contributed by atoms with Gasteiger partial charge in [0, 0.05) is 17.2 Å². The highest BCUT2D eigenvalue weighted by atomic mass is 32.2. The van der Waals surface area contributed by atoms with Gasteiger partial charge in [-0.1, -0.05) is 42.5 Å². The molecule has 23 heavy (non-hydrogen) atoms. The first kappa shape index (κ1) is 17.6. The molecule has 0 radical (unpaired) electrons. The van der Waals surface area contributed by atoms with Crippen LogP contribution in [0.5, 0.6) is 0 Å². The molecule has 0 amide bonds. The summed E-state index contributed by atoms with van der Waals surface area (Å²) in [5.41, 5.74) is 1.89. The summed E-state index contributed by atoms with van der Waals surface area (Å²) in [5, 5.41) is 0. The quantitative estimate of drug-likeness (QED) is 0.414. The Bertz CT molecular complexity index is 614. The number of hydrogen-bond donors (Lipinski definition) is 0. The fraction of sp³-hybridized carbons (Fsp3) is 0.316. The average molecular weight is 329 g/mol. The maximum Gasteiger partial charge on any atom is 0.339 e. The molecule has 2 aromatic rings. The van der Waals surface area contributed by atoms with Gasteiger partial charge in [-0.2, -0.15) is 0 Å². The molecule has 0 fully saturated rings. The predicted octanol–water partition coefficient (Wildman–Crippen LogP) is 4.09. The summed E-state index contributed by atoms with van der Waals surface area (Å²) in [6, 6.07) is 17.9. The van der Waals surface area contributed by atoms with Crippen LogP contribution in [0.15, 0.2) is 59.5 Å². The van der Waals surface area contributed by atoms with E-state index in [4.69, 9.17) is 4.74 Å². The van der Waals surface area contributed by atoms with Crippen molar-refractivity contribution in [3.05, 3.63) is 65.7 Å². The van der Waals surface area contributed by atoms with Gasteiger partial charge in [0.05, 0.1) is 12.2 Å². The van der Waals surface area contributed by atoms with Gasteiger partial charge >= 0.3 is 5.97 Å². The van der Waals surface area contributed by atoms with Crippen molar-refractivity contribution in [1.29, 1.82) is 0 Å². The lowest BCUT2D eigenvalue weighted by Crippen LogP contribution is -2.16. The van der Waals surface area contributed by atoms with Gasteiger partial charge in [-0.25, -0.2) is 4.79 Å². The second-order valence-corrected chi connectivity index (χ2v) is 6.58. The molecule has 0 bridgehead atoms. The number of carbonyl (C=O) groups is 1. The maximum absolute atomic E-state index is 12.3. The van der Waals surface area contributed by atoms with Crippen LogP contribution in [0.1, 0.15) is 22.3 Å². The topological polar surface area (TPSA) is 29.5 Å². The molecule has 122 valence electrons. The molecule has 4 heteroatoms. The molecule has 0 aliphatic heterocycles. The fourth-order valence-corrected chi connectivity index (χ4v) is 3.12. The van der Waals surface area contributed by atoms with Crippen molar-refractivity contribution in [3.63, 3.8) is 0 Å². The van der Waals surface area contributed by atoms with Crippen LogP contribution in [-0.2, 0) is 10.5 Å². The minimum atomic E-state index is -0.236. The molecule has 0 aliphatic carbocycles. The van der Waals surface area contributed by atoms with Gasteiger partial charge in [-0.15, -0.1) is 11.8 Å². The highest BCUT2D eigenvalue weighted by molar-refractivity contribution is 7.98. The standard InChI is InChI=1S/C19H23NO2S/c1-20(2)13-8-14-22-19(21)17-11-6-7-12-18(17)23-15-16-9-4-3-5-10-16/h3-7,9-12H,8,13-15H2,1-2H3. The summed E-state index contributed by atoms with van der Waals surface area (Å²) >= 11 is 1.66.